The van der Waals surface area contributed by atoms with E-state index in [9.17, 15) is 87.4 Å². The molecule has 0 unspecified atom stereocenters. The highest BCUT2D eigenvalue weighted by Gasteiger charge is 2.30. The second kappa shape index (κ2) is 28.2. The number of hydrogen-bond acceptors (Lipinski definition) is 24. The number of benzene rings is 4. The molecule has 10 N–H and O–H groups in total. The van der Waals surface area contributed by atoms with Crippen molar-refractivity contribution >= 4 is 120 Å². The van der Waals surface area contributed by atoms with Crippen LogP contribution in [0.25, 0.3) is 12.2 Å². The first-order valence-corrected chi connectivity index (χ1v) is 35.5. The van der Waals surface area contributed by atoms with Crippen molar-refractivity contribution in [3.63, 3.8) is 0 Å². The Bertz CT molecular complexity index is 4430. The third kappa shape index (κ3) is 21.7. The summed E-state index contributed by atoms with van der Waals surface area (Å²) in [6.45, 7) is 9.04. The number of aromatic nitrogens is 6. The molecule has 6 aromatic rings. The minimum absolute atomic E-state index is 0.0153. The van der Waals surface area contributed by atoms with Crippen LogP contribution in [-0.4, -0.2) is 168 Å². The number of nitrogens with one attached hydrogen (secondary N) is 4. The van der Waals surface area contributed by atoms with Crippen molar-refractivity contribution in [3.8, 4) is 0 Å². The van der Waals surface area contributed by atoms with Crippen LogP contribution in [0, 0.1) is 0 Å². The second-order valence-corrected chi connectivity index (χ2v) is 29.8. The Balaban J connectivity index is 1.34. The molecule has 0 aliphatic heterocycles. The zero-order valence-electron chi connectivity index (χ0n) is 48.7. The molecular formula is C52H64N12O20S6. The molecule has 0 aliphatic rings. The lowest BCUT2D eigenvalue weighted by molar-refractivity contribution is -0.123. The maximum absolute atomic E-state index is 13.0. The second-order valence-electron chi connectivity index (χ2n) is 21.3. The maximum Gasteiger partial charge on any atom is 0.296 e. The summed E-state index contributed by atoms with van der Waals surface area (Å²) in [4.78, 5) is 52.6. The number of amides is 2. The van der Waals surface area contributed by atoms with Gasteiger partial charge in [0, 0.05) is 57.5 Å². The fourth-order valence-corrected chi connectivity index (χ4v) is 13.5. The minimum Gasteiger partial charge on any atom is -0.350 e. The van der Waals surface area contributed by atoms with Crippen molar-refractivity contribution in [1.29, 1.82) is 0 Å². The van der Waals surface area contributed by atoms with Crippen LogP contribution in [0.5, 0.6) is 0 Å². The van der Waals surface area contributed by atoms with Gasteiger partial charge in [-0.25, -0.2) is 4.98 Å². The van der Waals surface area contributed by atoms with E-state index < -0.39 is 132 Å². The summed E-state index contributed by atoms with van der Waals surface area (Å²) in [6.07, 6.45) is 1.81. The van der Waals surface area contributed by atoms with E-state index >= 15 is 0 Å². The molecule has 4 aromatic carbocycles. The molecule has 6 rings (SSSR count). The molecule has 32 nitrogen and oxygen atoms in total. The van der Waals surface area contributed by atoms with Gasteiger partial charge in [-0.3, -0.25) is 36.9 Å². The predicted octanol–water partition coefficient (Wildman–Crippen LogP) is 3.88. The van der Waals surface area contributed by atoms with Crippen LogP contribution >= 0.6 is 0 Å². The average molecular weight is 1370 g/mol. The summed E-state index contributed by atoms with van der Waals surface area (Å²) >= 11 is 0. The highest BCUT2D eigenvalue weighted by molar-refractivity contribution is 7.87. The van der Waals surface area contributed by atoms with Crippen molar-refractivity contribution < 1.29 is 87.4 Å². The standard InChI is InChI=1S/C52H64N12O20S6/c1-7-63(24-22-45(65)61-51(3,4)31-85(67,68)69)49-56-43(27-33-12-10-9-11-13-33)55-44(57-49)28-34-14-15-35(41(26-34)89(79,80)81)16-17-36-18-19-37(29-42(36)90(82,83)84)53-47-58-48(54-39-30-38(87(73,74)75)20-21-40(39)88(76,77)78)60-50(59-47)64(8-2)25-23-46(66)62-52(5,6)32-86(70,71)72/h9-21,26,29-30H,7-8,22-25,27-28,31-32H2,1-6H3,(H,61,65)(H,62,66)(H,67,68,69)(H,70,71,72)(H,73,74,75)(H,76,77,78)(H,79,80,81)(H,82,83,84)(H2,53,54,58,59,60)/b17-16+. The average Bonchev–Trinajstić information content (AvgIpc) is 1.33. The monoisotopic (exact) mass is 1370 g/mol. The molecule has 0 fully saturated rings. The Morgan fingerprint density at radius 3 is 1.41 bits per heavy atom. The summed E-state index contributed by atoms with van der Waals surface area (Å²) in [5.41, 5.74) is -2.94. The molecule has 0 saturated carbocycles. The molecular weight excluding hydrogens is 1310 g/mol. The SMILES string of the molecule is CCN(CCC(=O)NC(C)(C)CS(=O)(=O)O)c1nc(Cc2ccccc2)nc(Cc2ccc(/C=C/c3ccc(Nc4nc(Nc5cc(S(=O)(=O)O)ccc5S(=O)(=O)O)nc(N(CC)CCC(=O)NC(C)(C)CS(=O)(=O)O)n4)cc3S(=O)(=O)O)c(S(=O)(=O)O)c2)n1. The maximum atomic E-state index is 13.0. The predicted molar refractivity (Wildman–Crippen MR) is 328 cm³/mol. The van der Waals surface area contributed by atoms with Crippen molar-refractivity contribution in [2.75, 3.05) is 58.1 Å². The van der Waals surface area contributed by atoms with Gasteiger partial charge in [-0.15, -0.1) is 0 Å². The van der Waals surface area contributed by atoms with Gasteiger partial charge in [0.15, 0.2) is 0 Å². The van der Waals surface area contributed by atoms with Gasteiger partial charge in [-0.05, 0) is 100 Å². The van der Waals surface area contributed by atoms with Gasteiger partial charge in [0.1, 0.15) is 26.3 Å². The number of nitrogens with zero attached hydrogens (tertiary/aromatic N) is 8. The molecule has 0 atom stereocenters. The smallest absolute Gasteiger partial charge is 0.296 e. The van der Waals surface area contributed by atoms with Crippen molar-refractivity contribution in [3.05, 3.63) is 119 Å². The first-order valence-electron chi connectivity index (χ1n) is 26.6. The lowest BCUT2D eigenvalue weighted by Gasteiger charge is -2.26. The molecule has 488 valence electrons. The molecule has 2 amide bonds. The minimum atomic E-state index is -5.18. The van der Waals surface area contributed by atoms with E-state index in [-0.39, 0.29) is 92.0 Å². The van der Waals surface area contributed by atoms with E-state index in [0.717, 1.165) is 35.9 Å². The van der Waals surface area contributed by atoms with Crippen molar-refractivity contribution in [1.82, 2.24) is 40.5 Å². The van der Waals surface area contributed by atoms with Crippen LogP contribution in [0.4, 0.5) is 35.2 Å². The Kier molecular flexibility index (Phi) is 22.3. The molecule has 38 heteroatoms. The first kappa shape index (κ1) is 71.3. The summed E-state index contributed by atoms with van der Waals surface area (Å²) in [5.74, 6) is -3.60. The summed E-state index contributed by atoms with van der Waals surface area (Å²) in [7, 11) is -29.3. The van der Waals surface area contributed by atoms with Crippen LogP contribution in [0.15, 0.2) is 105 Å². The quantitative estimate of drug-likeness (QED) is 0.0226. The molecule has 2 heterocycles. The van der Waals surface area contributed by atoms with Gasteiger partial charge in [0.2, 0.25) is 35.6 Å². The Morgan fingerprint density at radius 2 is 0.944 bits per heavy atom. The fourth-order valence-electron chi connectivity index (χ4n) is 8.91. The van der Waals surface area contributed by atoms with Crippen molar-refractivity contribution in [2.45, 2.75) is 97.9 Å². The third-order valence-corrected chi connectivity index (χ3v) is 18.4. The number of rotatable bonds is 30. The first-order chi connectivity index (χ1) is 41.5. The number of carbonyl (C=O) groups excluding carboxylic acids is 2. The molecule has 2 aromatic heterocycles. The molecule has 0 bridgehead atoms. The highest BCUT2D eigenvalue weighted by Crippen LogP contribution is 2.31. The lowest BCUT2D eigenvalue weighted by Crippen LogP contribution is -2.49. The molecule has 90 heavy (non-hydrogen) atoms. The molecule has 0 spiro atoms. The number of carbonyl (C=O) groups is 2. The van der Waals surface area contributed by atoms with Gasteiger partial charge < -0.3 is 31.1 Å². The fraction of sp³-hybridized carbons (Fsp3) is 0.346. The van der Waals surface area contributed by atoms with Gasteiger partial charge in [-0.2, -0.15) is 75.4 Å². The van der Waals surface area contributed by atoms with E-state index in [1.165, 1.54) is 50.8 Å². The summed E-state index contributed by atoms with van der Waals surface area (Å²) < 4.78 is 207. The molecule has 0 aliphatic carbocycles. The largest absolute Gasteiger partial charge is 0.350 e. The van der Waals surface area contributed by atoms with Crippen LogP contribution in [0.2, 0.25) is 0 Å². The van der Waals surface area contributed by atoms with Crippen LogP contribution in [-0.2, 0) is 83.1 Å². The van der Waals surface area contributed by atoms with Gasteiger partial charge in [0.05, 0.1) is 33.2 Å². The van der Waals surface area contributed by atoms with Crippen LogP contribution in [0.3, 0.4) is 0 Å². The topological polar surface area (TPSA) is 492 Å². The third-order valence-electron chi connectivity index (χ3n) is 12.6. The van der Waals surface area contributed by atoms with Crippen LogP contribution in [0.1, 0.15) is 88.3 Å². The Morgan fingerprint density at radius 1 is 0.489 bits per heavy atom. The van der Waals surface area contributed by atoms with E-state index in [2.05, 4.69) is 51.2 Å². The van der Waals surface area contributed by atoms with Gasteiger partial charge in [-0.1, -0.05) is 60.7 Å². The van der Waals surface area contributed by atoms with E-state index in [0.29, 0.717) is 24.0 Å². The molecule has 0 saturated heterocycles. The van der Waals surface area contributed by atoms with Gasteiger partial charge >= 0.3 is 0 Å². The van der Waals surface area contributed by atoms with Crippen molar-refractivity contribution in [2.24, 2.45) is 0 Å². The molecule has 0 radical (unpaired) electrons. The normalized spacial score (nSPS) is 12.8. The van der Waals surface area contributed by atoms with E-state index in [4.69, 9.17) is 0 Å². The van der Waals surface area contributed by atoms with E-state index in [1.807, 2.05) is 30.3 Å². The van der Waals surface area contributed by atoms with E-state index in [1.54, 1.807) is 18.7 Å². The van der Waals surface area contributed by atoms with Crippen LogP contribution < -0.4 is 31.1 Å². The summed E-state index contributed by atoms with van der Waals surface area (Å²) in [6, 6.07) is 18.3. The highest BCUT2D eigenvalue weighted by atomic mass is 32.2. The Labute approximate surface area is 519 Å². The summed E-state index contributed by atoms with van der Waals surface area (Å²) in [5, 5.41) is 10.2. The zero-order valence-corrected chi connectivity index (χ0v) is 53.6. The Hall–Kier alpha value is -7.76. The number of anilines is 6. The zero-order chi connectivity index (χ0) is 67.0. The van der Waals surface area contributed by atoms with Gasteiger partial charge in [0.25, 0.3) is 60.7 Å². The lowest BCUT2D eigenvalue weighted by atomic mass is 10.1. The number of hydrogen-bond donors (Lipinski definition) is 10.